The van der Waals surface area contributed by atoms with E-state index in [1.54, 1.807) is 0 Å². The normalized spacial score (nSPS) is 11.2. The summed E-state index contributed by atoms with van der Waals surface area (Å²) in [6.45, 7) is 1.41. The van der Waals surface area contributed by atoms with Crippen molar-refractivity contribution in [3.8, 4) is 0 Å². The number of carbonyl (C=O) groups excluding carboxylic acids is 1. The number of alkyl halides is 3. The molecule has 2 N–H and O–H groups in total. The van der Waals surface area contributed by atoms with Crippen molar-refractivity contribution in [1.29, 1.82) is 0 Å². The molecule has 0 aliphatic carbocycles. The molecular formula is C10H10BF3O4. The predicted molar refractivity (Wildman–Crippen MR) is 57.2 cm³/mol. The van der Waals surface area contributed by atoms with Gasteiger partial charge in [0.25, 0.3) is 0 Å². The lowest BCUT2D eigenvalue weighted by atomic mass is 9.79. The number of rotatable bonds is 3. The fourth-order valence-electron chi connectivity index (χ4n) is 1.34. The minimum absolute atomic E-state index is 0.0551. The van der Waals surface area contributed by atoms with Crippen molar-refractivity contribution >= 4 is 18.6 Å². The molecular weight excluding hydrogens is 252 g/mol. The zero-order chi connectivity index (χ0) is 13.9. The van der Waals surface area contributed by atoms with E-state index in [9.17, 15) is 18.0 Å². The molecule has 0 unspecified atom stereocenters. The molecule has 0 heterocycles. The van der Waals surface area contributed by atoms with Gasteiger partial charge in [-0.2, -0.15) is 13.2 Å². The lowest BCUT2D eigenvalue weighted by molar-refractivity contribution is -0.138. The number of hydrogen-bond donors (Lipinski definition) is 2. The Morgan fingerprint density at radius 3 is 2.44 bits per heavy atom. The minimum Gasteiger partial charge on any atom is -0.462 e. The van der Waals surface area contributed by atoms with Crippen molar-refractivity contribution in [3.05, 3.63) is 29.3 Å². The number of ether oxygens (including phenoxy) is 1. The number of benzene rings is 1. The molecule has 0 amide bonds. The van der Waals surface area contributed by atoms with E-state index in [0.29, 0.717) is 6.07 Å². The fourth-order valence-corrected chi connectivity index (χ4v) is 1.34. The molecule has 0 spiro atoms. The van der Waals surface area contributed by atoms with Crippen LogP contribution in [0.25, 0.3) is 0 Å². The van der Waals surface area contributed by atoms with Gasteiger partial charge in [-0.3, -0.25) is 0 Å². The van der Waals surface area contributed by atoms with Crippen molar-refractivity contribution in [1.82, 2.24) is 0 Å². The summed E-state index contributed by atoms with van der Waals surface area (Å²) in [5.41, 5.74) is -2.27. The van der Waals surface area contributed by atoms with E-state index in [0.717, 1.165) is 12.1 Å². The average molecular weight is 262 g/mol. The van der Waals surface area contributed by atoms with Crippen LogP contribution in [0.3, 0.4) is 0 Å². The van der Waals surface area contributed by atoms with E-state index in [2.05, 4.69) is 4.74 Å². The molecule has 0 fully saturated rings. The topological polar surface area (TPSA) is 66.8 Å². The quantitative estimate of drug-likeness (QED) is 0.617. The van der Waals surface area contributed by atoms with Crippen molar-refractivity contribution in [2.24, 2.45) is 0 Å². The molecule has 1 aromatic rings. The molecule has 0 bridgehead atoms. The largest absolute Gasteiger partial charge is 0.488 e. The molecule has 1 rings (SSSR count). The summed E-state index contributed by atoms with van der Waals surface area (Å²) in [6, 6.07) is 2.39. The monoisotopic (exact) mass is 262 g/mol. The van der Waals surface area contributed by atoms with Gasteiger partial charge in [0.05, 0.1) is 17.7 Å². The SMILES string of the molecule is CCOC(=O)c1ccc(B(O)O)cc1C(F)(F)F. The third kappa shape index (κ3) is 3.24. The summed E-state index contributed by atoms with van der Waals surface area (Å²) < 4.78 is 42.7. The Bertz CT molecular complexity index is 445. The molecule has 98 valence electrons. The summed E-state index contributed by atoms with van der Waals surface area (Å²) in [5.74, 6) is -1.11. The average Bonchev–Trinajstić information content (AvgIpc) is 2.27. The first kappa shape index (κ1) is 14.5. The number of hydrogen-bond acceptors (Lipinski definition) is 4. The highest BCUT2D eigenvalue weighted by atomic mass is 19.4. The summed E-state index contributed by atoms with van der Waals surface area (Å²) in [7, 11) is -2.04. The molecule has 18 heavy (non-hydrogen) atoms. The summed E-state index contributed by atoms with van der Waals surface area (Å²) >= 11 is 0. The number of esters is 1. The fraction of sp³-hybridized carbons (Fsp3) is 0.300. The van der Waals surface area contributed by atoms with Gasteiger partial charge in [-0.25, -0.2) is 4.79 Å². The smallest absolute Gasteiger partial charge is 0.462 e. The Hall–Kier alpha value is -1.54. The van der Waals surface area contributed by atoms with Crippen LogP contribution >= 0.6 is 0 Å². The maximum Gasteiger partial charge on any atom is 0.488 e. The first-order chi connectivity index (χ1) is 8.27. The Labute approximate surface area is 101 Å². The summed E-state index contributed by atoms with van der Waals surface area (Å²) in [5, 5.41) is 17.6. The van der Waals surface area contributed by atoms with Crippen LogP contribution in [0.5, 0.6) is 0 Å². The Morgan fingerprint density at radius 1 is 1.39 bits per heavy atom. The number of halogens is 3. The molecule has 0 saturated heterocycles. The zero-order valence-corrected chi connectivity index (χ0v) is 9.36. The highest BCUT2D eigenvalue weighted by Crippen LogP contribution is 2.31. The van der Waals surface area contributed by atoms with Gasteiger partial charge in [0.1, 0.15) is 0 Å². The van der Waals surface area contributed by atoms with Gasteiger partial charge in [-0.1, -0.05) is 6.07 Å². The Balaban J connectivity index is 3.30. The lowest BCUT2D eigenvalue weighted by Crippen LogP contribution is -2.31. The van der Waals surface area contributed by atoms with Crippen LogP contribution in [0, 0.1) is 0 Å². The molecule has 0 aliphatic heterocycles. The zero-order valence-electron chi connectivity index (χ0n) is 9.36. The highest BCUT2D eigenvalue weighted by Gasteiger charge is 2.36. The molecule has 1 aromatic carbocycles. The van der Waals surface area contributed by atoms with Crippen LogP contribution < -0.4 is 5.46 Å². The van der Waals surface area contributed by atoms with Gasteiger partial charge in [-0.05, 0) is 24.5 Å². The molecule has 0 saturated carbocycles. The van der Waals surface area contributed by atoms with E-state index in [1.807, 2.05) is 0 Å². The van der Waals surface area contributed by atoms with Crippen molar-refractivity contribution in [3.63, 3.8) is 0 Å². The van der Waals surface area contributed by atoms with E-state index >= 15 is 0 Å². The van der Waals surface area contributed by atoms with E-state index in [1.165, 1.54) is 6.92 Å². The molecule has 0 aromatic heterocycles. The maximum atomic E-state index is 12.7. The molecule has 0 aliphatic rings. The van der Waals surface area contributed by atoms with Gasteiger partial charge in [0, 0.05) is 0 Å². The third-order valence-corrected chi connectivity index (χ3v) is 2.14. The first-order valence-electron chi connectivity index (χ1n) is 5.01. The standard InChI is InChI=1S/C10H10BF3O4/c1-2-18-9(15)7-4-3-6(11(16)17)5-8(7)10(12,13)14/h3-5,16-17H,2H2,1H3. The van der Waals surface area contributed by atoms with Gasteiger partial charge >= 0.3 is 19.3 Å². The first-order valence-corrected chi connectivity index (χ1v) is 5.01. The number of carbonyl (C=O) groups is 1. The second-order valence-corrected chi connectivity index (χ2v) is 3.40. The van der Waals surface area contributed by atoms with E-state index in [-0.39, 0.29) is 12.1 Å². The van der Waals surface area contributed by atoms with Crippen LogP contribution in [-0.4, -0.2) is 29.7 Å². The molecule has 0 radical (unpaired) electrons. The van der Waals surface area contributed by atoms with Gasteiger partial charge in [-0.15, -0.1) is 0 Å². The van der Waals surface area contributed by atoms with Gasteiger partial charge in [0.2, 0.25) is 0 Å². The summed E-state index contributed by atoms with van der Waals surface area (Å²) in [4.78, 5) is 11.3. The highest BCUT2D eigenvalue weighted by molar-refractivity contribution is 6.58. The summed E-state index contributed by atoms with van der Waals surface area (Å²) in [6.07, 6.45) is -4.78. The van der Waals surface area contributed by atoms with Crippen molar-refractivity contribution < 1.29 is 32.8 Å². The van der Waals surface area contributed by atoms with Crippen LogP contribution in [0.2, 0.25) is 0 Å². The maximum absolute atomic E-state index is 12.7. The Morgan fingerprint density at radius 2 is 2.00 bits per heavy atom. The van der Waals surface area contributed by atoms with Crippen molar-refractivity contribution in [2.45, 2.75) is 13.1 Å². The molecule has 4 nitrogen and oxygen atoms in total. The minimum atomic E-state index is -4.78. The van der Waals surface area contributed by atoms with Gasteiger partial charge in [0.15, 0.2) is 0 Å². The molecule has 8 heteroatoms. The third-order valence-electron chi connectivity index (χ3n) is 2.14. The van der Waals surface area contributed by atoms with Gasteiger partial charge < -0.3 is 14.8 Å². The predicted octanol–water partition coefficient (Wildman–Crippen LogP) is 0.562. The van der Waals surface area contributed by atoms with Crippen LogP contribution in [-0.2, 0) is 10.9 Å². The van der Waals surface area contributed by atoms with E-state index in [4.69, 9.17) is 10.0 Å². The molecule has 0 atom stereocenters. The van der Waals surface area contributed by atoms with Crippen LogP contribution in [0.1, 0.15) is 22.8 Å². The second kappa shape index (κ2) is 5.41. The van der Waals surface area contributed by atoms with Crippen LogP contribution in [0.15, 0.2) is 18.2 Å². The second-order valence-electron chi connectivity index (χ2n) is 3.40. The lowest BCUT2D eigenvalue weighted by Gasteiger charge is -2.13. The van der Waals surface area contributed by atoms with Crippen LogP contribution in [0.4, 0.5) is 13.2 Å². The van der Waals surface area contributed by atoms with Crippen molar-refractivity contribution in [2.75, 3.05) is 6.61 Å². The van der Waals surface area contributed by atoms with E-state index < -0.39 is 30.4 Å². The Kier molecular flexibility index (Phi) is 4.36.